The molecule has 2 aliphatic heterocycles. The predicted octanol–water partition coefficient (Wildman–Crippen LogP) is 1.97. The van der Waals surface area contributed by atoms with Crippen LogP contribution in [0.5, 0.6) is 0 Å². The molecule has 7 heteroatoms. The Bertz CT molecular complexity index is 612. The Balaban J connectivity index is 0.00000225. The number of ether oxygens (including phenoxy) is 1. The second-order valence-corrected chi connectivity index (χ2v) is 6.48. The number of hydrogen-bond donors (Lipinski definition) is 2. The number of amides is 2. The summed E-state index contributed by atoms with van der Waals surface area (Å²) in [5, 5.41) is 6.19. The molecule has 0 spiro atoms. The van der Waals surface area contributed by atoms with Gasteiger partial charge in [-0.2, -0.15) is 0 Å². The summed E-state index contributed by atoms with van der Waals surface area (Å²) in [6, 6.07) is 5.61. The first-order chi connectivity index (χ1) is 11.6. The minimum Gasteiger partial charge on any atom is -0.378 e. The minimum absolute atomic E-state index is 0. The van der Waals surface area contributed by atoms with Gasteiger partial charge in [0.25, 0.3) is 5.91 Å². The van der Waals surface area contributed by atoms with Crippen molar-refractivity contribution in [3.63, 3.8) is 0 Å². The highest BCUT2D eigenvalue weighted by Gasteiger charge is 2.24. The van der Waals surface area contributed by atoms with Crippen LogP contribution in [0.25, 0.3) is 0 Å². The summed E-state index contributed by atoms with van der Waals surface area (Å²) in [5.74, 6) is -0.0842. The zero-order chi connectivity index (χ0) is 16.9. The number of nitrogens with one attached hydrogen (secondary N) is 2. The molecule has 0 aliphatic carbocycles. The highest BCUT2D eigenvalue weighted by atomic mass is 35.5. The third-order valence-corrected chi connectivity index (χ3v) is 4.58. The standard InChI is InChI=1S/C18H25N3O3.ClH/c1-13-5-4-6-15(17(13)18(23)21-8-2-3-9-21)20-16(22)11-14-12-24-10-7-19-14;/h4-6,14,19H,2-3,7-12H2,1H3,(H,20,22);1H. The summed E-state index contributed by atoms with van der Waals surface area (Å²) >= 11 is 0. The van der Waals surface area contributed by atoms with E-state index in [4.69, 9.17) is 4.74 Å². The number of benzene rings is 1. The van der Waals surface area contributed by atoms with E-state index in [2.05, 4.69) is 10.6 Å². The molecule has 6 nitrogen and oxygen atoms in total. The van der Waals surface area contributed by atoms with Gasteiger partial charge in [-0.05, 0) is 31.4 Å². The van der Waals surface area contributed by atoms with Crippen LogP contribution >= 0.6 is 12.4 Å². The molecule has 138 valence electrons. The Morgan fingerprint density at radius 2 is 2.08 bits per heavy atom. The summed E-state index contributed by atoms with van der Waals surface area (Å²) in [4.78, 5) is 27.0. The fourth-order valence-electron chi connectivity index (χ4n) is 3.31. The van der Waals surface area contributed by atoms with Crippen LogP contribution in [0, 0.1) is 6.92 Å². The van der Waals surface area contributed by atoms with Crippen molar-refractivity contribution in [1.82, 2.24) is 10.2 Å². The Kier molecular flexibility index (Phi) is 7.23. The van der Waals surface area contributed by atoms with Crippen molar-refractivity contribution in [3.05, 3.63) is 29.3 Å². The van der Waals surface area contributed by atoms with E-state index in [9.17, 15) is 9.59 Å². The molecule has 1 aromatic rings. The van der Waals surface area contributed by atoms with Crippen LogP contribution in [0.2, 0.25) is 0 Å². The first kappa shape index (κ1) is 19.7. The van der Waals surface area contributed by atoms with E-state index in [1.54, 1.807) is 6.07 Å². The van der Waals surface area contributed by atoms with Gasteiger partial charge < -0.3 is 20.3 Å². The van der Waals surface area contributed by atoms with Crippen LogP contribution in [0.15, 0.2) is 18.2 Å². The SMILES string of the molecule is Cc1cccc(NC(=O)CC2COCCN2)c1C(=O)N1CCCC1.Cl. The fourth-order valence-corrected chi connectivity index (χ4v) is 3.31. The number of morpholine rings is 1. The van der Waals surface area contributed by atoms with Crippen molar-refractivity contribution in [2.45, 2.75) is 32.2 Å². The van der Waals surface area contributed by atoms with Gasteiger partial charge in [0.05, 0.1) is 24.5 Å². The van der Waals surface area contributed by atoms with Crippen LogP contribution in [0.3, 0.4) is 0 Å². The van der Waals surface area contributed by atoms with Gasteiger partial charge in [0.15, 0.2) is 0 Å². The van der Waals surface area contributed by atoms with E-state index >= 15 is 0 Å². The number of aryl methyl sites for hydroxylation is 1. The highest BCUT2D eigenvalue weighted by molar-refractivity contribution is 6.05. The molecule has 1 atom stereocenters. The molecular weight excluding hydrogens is 342 g/mol. The van der Waals surface area contributed by atoms with Crippen molar-refractivity contribution in [2.24, 2.45) is 0 Å². The average molecular weight is 368 g/mol. The maximum Gasteiger partial charge on any atom is 0.256 e. The van der Waals surface area contributed by atoms with E-state index in [0.29, 0.717) is 30.9 Å². The molecule has 0 radical (unpaired) electrons. The Labute approximate surface area is 154 Å². The fraction of sp³-hybridized carbons (Fsp3) is 0.556. The lowest BCUT2D eigenvalue weighted by Crippen LogP contribution is -2.43. The quantitative estimate of drug-likeness (QED) is 0.853. The second kappa shape index (κ2) is 9.17. The van der Waals surface area contributed by atoms with Gasteiger partial charge in [0, 0.05) is 32.1 Å². The first-order valence-corrected chi connectivity index (χ1v) is 8.65. The van der Waals surface area contributed by atoms with Crippen LogP contribution in [-0.2, 0) is 9.53 Å². The van der Waals surface area contributed by atoms with Crippen molar-refractivity contribution in [1.29, 1.82) is 0 Å². The van der Waals surface area contributed by atoms with E-state index in [0.717, 1.165) is 38.0 Å². The Morgan fingerprint density at radius 3 is 2.76 bits per heavy atom. The van der Waals surface area contributed by atoms with Gasteiger partial charge in [-0.1, -0.05) is 12.1 Å². The van der Waals surface area contributed by atoms with Gasteiger partial charge >= 0.3 is 0 Å². The van der Waals surface area contributed by atoms with E-state index in [1.165, 1.54) is 0 Å². The Morgan fingerprint density at radius 1 is 1.32 bits per heavy atom. The molecule has 2 saturated heterocycles. The van der Waals surface area contributed by atoms with Crippen LogP contribution in [0.1, 0.15) is 35.2 Å². The predicted molar refractivity (Wildman–Crippen MR) is 99.4 cm³/mol. The maximum absolute atomic E-state index is 12.8. The van der Waals surface area contributed by atoms with Crippen LogP contribution in [-0.4, -0.2) is 55.6 Å². The molecule has 3 rings (SSSR count). The summed E-state index contributed by atoms with van der Waals surface area (Å²) in [7, 11) is 0. The average Bonchev–Trinajstić information content (AvgIpc) is 3.10. The van der Waals surface area contributed by atoms with Crippen molar-refractivity contribution in [3.8, 4) is 0 Å². The molecule has 0 bridgehead atoms. The summed E-state index contributed by atoms with van der Waals surface area (Å²) in [5.41, 5.74) is 2.11. The zero-order valence-electron chi connectivity index (χ0n) is 14.5. The molecule has 25 heavy (non-hydrogen) atoms. The molecule has 1 aromatic carbocycles. The number of nitrogens with zero attached hydrogens (tertiary/aromatic N) is 1. The number of likely N-dealkylation sites (tertiary alicyclic amines) is 1. The van der Waals surface area contributed by atoms with Gasteiger partial charge in [0.2, 0.25) is 5.91 Å². The number of halogens is 1. The minimum atomic E-state index is -0.0981. The third-order valence-electron chi connectivity index (χ3n) is 4.58. The van der Waals surface area contributed by atoms with E-state index < -0.39 is 0 Å². The number of hydrogen-bond acceptors (Lipinski definition) is 4. The summed E-state index contributed by atoms with van der Waals surface area (Å²) in [6.45, 7) is 5.50. The smallest absolute Gasteiger partial charge is 0.256 e. The molecule has 0 aromatic heterocycles. The lowest BCUT2D eigenvalue weighted by Gasteiger charge is -2.24. The molecule has 0 saturated carbocycles. The van der Waals surface area contributed by atoms with Crippen LogP contribution in [0.4, 0.5) is 5.69 Å². The largest absolute Gasteiger partial charge is 0.378 e. The lowest BCUT2D eigenvalue weighted by molar-refractivity contribution is -0.117. The molecule has 1 unspecified atom stereocenters. The second-order valence-electron chi connectivity index (χ2n) is 6.48. The van der Waals surface area contributed by atoms with Gasteiger partial charge in [-0.15, -0.1) is 12.4 Å². The molecular formula is C18H26ClN3O3. The highest BCUT2D eigenvalue weighted by Crippen LogP contribution is 2.24. The lowest BCUT2D eigenvalue weighted by atomic mass is 10.0. The monoisotopic (exact) mass is 367 g/mol. The van der Waals surface area contributed by atoms with E-state index in [1.807, 2.05) is 24.0 Å². The molecule has 2 N–H and O–H groups in total. The molecule has 2 fully saturated rings. The van der Waals surface area contributed by atoms with Gasteiger partial charge in [-0.3, -0.25) is 9.59 Å². The third kappa shape index (κ3) is 4.93. The Hall–Kier alpha value is -1.63. The molecule has 2 amide bonds. The first-order valence-electron chi connectivity index (χ1n) is 8.65. The number of carbonyl (C=O) groups is 2. The van der Waals surface area contributed by atoms with Crippen LogP contribution < -0.4 is 10.6 Å². The summed E-state index contributed by atoms with van der Waals surface area (Å²) in [6.07, 6.45) is 2.44. The summed E-state index contributed by atoms with van der Waals surface area (Å²) < 4.78 is 5.38. The molecule has 2 aliphatic rings. The topological polar surface area (TPSA) is 70.7 Å². The van der Waals surface area contributed by atoms with Gasteiger partial charge in [0.1, 0.15) is 0 Å². The van der Waals surface area contributed by atoms with Crippen molar-refractivity contribution < 1.29 is 14.3 Å². The van der Waals surface area contributed by atoms with Crippen molar-refractivity contribution >= 4 is 29.9 Å². The zero-order valence-corrected chi connectivity index (χ0v) is 15.4. The number of rotatable bonds is 4. The van der Waals surface area contributed by atoms with Crippen molar-refractivity contribution in [2.75, 3.05) is 38.2 Å². The maximum atomic E-state index is 12.8. The number of anilines is 1. The number of carbonyl (C=O) groups excluding carboxylic acids is 2. The van der Waals surface area contributed by atoms with Gasteiger partial charge in [-0.25, -0.2) is 0 Å². The van der Waals surface area contributed by atoms with E-state index in [-0.39, 0.29) is 30.3 Å². The molecule has 2 heterocycles. The normalized spacial score (nSPS) is 20.0.